The predicted molar refractivity (Wildman–Crippen MR) is 118 cm³/mol. The van der Waals surface area contributed by atoms with Crippen LogP contribution in [0.1, 0.15) is 41.2 Å². The van der Waals surface area contributed by atoms with E-state index in [9.17, 15) is 0 Å². The molecule has 0 bridgehead atoms. The molecule has 0 saturated heterocycles. The number of halogens is 1. The van der Waals surface area contributed by atoms with E-state index in [4.69, 9.17) is 4.99 Å². The van der Waals surface area contributed by atoms with Gasteiger partial charge in [0.2, 0.25) is 0 Å². The van der Waals surface area contributed by atoms with E-state index < -0.39 is 0 Å². The lowest BCUT2D eigenvalue weighted by Gasteiger charge is -2.18. The summed E-state index contributed by atoms with van der Waals surface area (Å²) in [5.41, 5.74) is 4.98. The Morgan fingerprint density at radius 1 is 1.36 bits per heavy atom. The molecule has 0 amide bonds. The van der Waals surface area contributed by atoms with Crippen LogP contribution >= 0.6 is 35.3 Å². The number of guanidine groups is 1. The molecule has 1 atom stereocenters. The van der Waals surface area contributed by atoms with Crippen molar-refractivity contribution in [2.75, 3.05) is 6.54 Å². The fraction of sp³-hybridized carbons (Fsp3) is 0.556. The van der Waals surface area contributed by atoms with Gasteiger partial charge in [-0.1, -0.05) is 0 Å². The Morgan fingerprint density at radius 2 is 2.08 bits per heavy atom. The van der Waals surface area contributed by atoms with Crippen molar-refractivity contribution in [3.63, 3.8) is 0 Å². The highest BCUT2D eigenvalue weighted by atomic mass is 127. The summed E-state index contributed by atoms with van der Waals surface area (Å²) in [6.45, 7) is 12.2. The van der Waals surface area contributed by atoms with E-state index in [1.807, 2.05) is 11.7 Å². The standard InChI is InChI=1S/C18H29N5S.HI/c1-7-19-18(20-11-17-12(2)8-9-24-17)21-13(3)10-16-14(4)22-23(6)15(16)5;/h8-9,13H,7,10-11H2,1-6H3,(H2,19,20,21);1H. The van der Waals surface area contributed by atoms with Crippen LogP contribution in [0.5, 0.6) is 0 Å². The number of thiophene rings is 1. The minimum Gasteiger partial charge on any atom is -0.357 e. The van der Waals surface area contributed by atoms with Gasteiger partial charge in [0.1, 0.15) is 0 Å². The molecule has 0 aliphatic heterocycles. The molecular weight excluding hydrogens is 445 g/mol. The van der Waals surface area contributed by atoms with E-state index in [-0.39, 0.29) is 30.0 Å². The molecule has 0 aliphatic carbocycles. The van der Waals surface area contributed by atoms with E-state index >= 15 is 0 Å². The van der Waals surface area contributed by atoms with Gasteiger partial charge in [-0.15, -0.1) is 35.3 Å². The summed E-state index contributed by atoms with van der Waals surface area (Å²) in [6, 6.07) is 2.43. The van der Waals surface area contributed by atoms with Gasteiger partial charge in [-0.25, -0.2) is 4.99 Å². The molecule has 2 aromatic heterocycles. The molecule has 2 rings (SSSR count). The Kier molecular flexibility index (Phi) is 8.92. The third kappa shape index (κ3) is 5.99. The number of nitrogens with one attached hydrogen (secondary N) is 2. The lowest BCUT2D eigenvalue weighted by molar-refractivity contribution is 0.636. The third-order valence-electron chi connectivity index (χ3n) is 4.25. The van der Waals surface area contributed by atoms with Crippen LogP contribution in [0.15, 0.2) is 16.4 Å². The van der Waals surface area contributed by atoms with Gasteiger partial charge < -0.3 is 10.6 Å². The fourth-order valence-corrected chi connectivity index (χ4v) is 3.57. The molecule has 2 aromatic rings. The second kappa shape index (κ2) is 10.2. The Labute approximate surface area is 172 Å². The fourth-order valence-electron chi connectivity index (χ4n) is 2.74. The first-order chi connectivity index (χ1) is 11.4. The zero-order chi connectivity index (χ0) is 17.7. The lowest BCUT2D eigenvalue weighted by atomic mass is 10.1. The summed E-state index contributed by atoms with van der Waals surface area (Å²) < 4.78 is 1.95. The first-order valence-electron chi connectivity index (χ1n) is 8.49. The van der Waals surface area contributed by atoms with Crippen LogP contribution in [0.3, 0.4) is 0 Å². The topological polar surface area (TPSA) is 54.2 Å². The molecule has 7 heteroatoms. The van der Waals surface area contributed by atoms with E-state index in [0.717, 1.165) is 31.2 Å². The van der Waals surface area contributed by atoms with Crippen molar-refractivity contribution in [1.82, 2.24) is 20.4 Å². The van der Waals surface area contributed by atoms with Crippen molar-refractivity contribution < 1.29 is 0 Å². The van der Waals surface area contributed by atoms with E-state index in [1.54, 1.807) is 11.3 Å². The zero-order valence-electron chi connectivity index (χ0n) is 16.0. The number of aliphatic imine (C=N–C) groups is 1. The minimum atomic E-state index is 0. The molecule has 2 heterocycles. The number of aryl methyl sites for hydroxylation is 3. The lowest BCUT2D eigenvalue weighted by Crippen LogP contribution is -2.43. The van der Waals surface area contributed by atoms with Gasteiger partial charge >= 0.3 is 0 Å². The summed E-state index contributed by atoms with van der Waals surface area (Å²) >= 11 is 1.76. The zero-order valence-corrected chi connectivity index (χ0v) is 19.2. The molecule has 0 radical (unpaired) electrons. The SMILES string of the molecule is CCNC(=NCc1sccc1C)NC(C)Cc1c(C)nn(C)c1C.I. The summed E-state index contributed by atoms with van der Waals surface area (Å²) in [5.74, 6) is 0.872. The van der Waals surface area contributed by atoms with Crippen molar-refractivity contribution in [2.24, 2.45) is 12.0 Å². The first-order valence-corrected chi connectivity index (χ1v) is 9.37. The third-order valence-corrected chi connectivity index (χ3v) is 5.25. The molecule has 2 N–H and O–H groups in total. The highest BCUT2D eigenvalue weighted by Gasteiger charge is 2.14. The first kappa shape index (κ1) is 22.0. The van der Waals surface area contributed by atoms with E-state index in [2.05, 4.69) is 61.8 Å². The minimum absolute atomic E-state index is 0. The van der Waals surface area contributed by atoms with Crippen molar-refractivity contribution in [3.05, 3.63) is 38.8 Å². The van der Waals surface area contributed by atoms with Crippen LogP contribution in [0.25, 0.3) is 0 Å². The van der Waals surface area contributed by atoms with Crippen LogP contribution in [-0.4, -0.2) is 28.3 Å². The Hall–Kier alpha value is -1.09. The molecular formula is C18H30IN5S. The Morgan fingerprint density at radius 3 is 2.60 bits per heavy atom. The average Bonchev–Trinajstić information content (AvgIpc) is 3.03. The molecule has 0 spiro atoms. The Balaban J connectivity index is 0.00000312. The summed E-state index contributed by atoms with van der Waals surface area (Å²) in [5, 5.41) is 13.5. The highest BCUT2D eigenvalue weighted by molar-refractivity contribution is 14.0. The number of hydrogen-bond acceptors (Lipinski definition) is 3. The molecule has 0 saturated carbocycles. The van der Waals surface area contributed by atoms with Crippen molar-refractivity contribution in [3.8, 4) is 0 Å². The quantitative estimate of drug-likeness (QED) is 0.381. The van der Waals surface area contributed by atoms with Gasteiger partial charge in [-0.3, -0.25) is 4.68 Å². The molecule has 5 nitrogen and oxygen atoms in total. The smallest absolute Gasteiger partial charge is 0.191 e. The van der Waals surface area contributed by atoms with Crippen LogP contribution < -0.4 is 10.6 Å². The van der Waals surface area contributed by atoms with Crippen molar-refractivity contribution >= 4 is 41.3 Å². The van der Waals surface area contributed by atoms with Crippen LogP contribution in [-0.2, 0) is 20.0 Å². The van der Waals surface area contributed by atoms with E-state index in [1.165, 1.54) is 21.7 Å². The number of nitrogens with zero attached hydrogens (tertiary/aromatic N) is 3. The largest absolute Gasteiger partial charge is 0.357 e. The van der Waals surface area contributed by atoms with Gasteiger partial charge in [0.25, 0.3) is 0 Å². The van der Waals surface area contributed by atoms with Crippen molar-refractivity contribution in [1.29, 1.82) is 0 Å². The molecule has 25 heavy (non-hydrogen) atoms. The van der Waals surface area contributed by atoms with Crippen LogP contribution in [0.2, 0.25) is 0 Å². The summed E-state index contributed by atoms with van der Waals surface area (Å²) in [6.07, 6.45) is 0.938. The maximum absolute atomic E-state index is 4.73. The average molecular weight is 475 g/mol. The van der Waals surface area contributed by atoms with E-state index in [0.29, 0.717) is 0 Å². The van der Waals surface area contributed by atoms with Gasteiger partial charge in [-0.2, -0.15) is 5.10 Å². The summed E-state index contributed by atoms with van der Waals surface area (Å²) in [7, 11) is 2.00. The second-order valence-corrected chi connectivity index (χ2v) is 7.25. The number of hydrogen-bond donors (Lipinski definition) is 2. The molecule has 140 valence electrons. The molecule has 0 aliphatic rings. The van der Waals surface area contributed by atoms with Crippen molar-refractivity contribution in [2.45, 2.75) is 53.6 Å². The maximum Gasteiger partial charge on any atom is 0.191 e. The summed E-state index contributed by atoms with van der Waals surface area (Å²) in [4.78, 5) is 6.05. The molecule has 0 aromatic carbocycles. The molecule has 1 unspecified atom stereocenters. The van der Waals surface area contributed by atoms with Crippen LogP contribution in [0.4, 0.5) is 0 Å². The highest BCUT2D eigenvalue weighted by Crippen LogP contribution is 2.16. The number of rotatable bonds is 6. The van der Waals surface area contributed by atoms with Gasteiger partial charge in [-0.05, 0) is 63.6 Å². The predicted octanol–water partition coefficient (Wildman–Crippen LogP) is 3.71. The normalized spacial score (nSPS) is 12.6. The van der Waals surface area contributed by atoms with Gasteiger partial charge in [0, 0.05) is 30.2 Å². The van der Waals surface area contributed by atoms with Gasteiger partial charge in [0.05, 0.1) is 12.2 Å². The monoisotopic (exact) mass is 475 g/mol. The Bertz CT molecular complexity index is 704. The molecule has 0 fully saturated rings. The second-order valence-electron chi connectivity index (χ2n) is 6.24. The number of aromatic nitrogens is 2. The van der Waals surface area contributed by atoms with Gasteiger partial charge in [0.15, 0.2) is 5.96 Å². The van der Waals surface area contributed by atoms with Crippen LogP contribution in [0, 0.1) is 20.8 Å². The maximum atomic E-state index is 4.73.